The summed E-state index contributed by atoms with van der Waals surface area (Å²) >= 11 is 5.89. The molecular formula is C24H27ClN8O3. The summed E-state index contributed by atoms with van der Waals surface area (Å²) in [4.78, 5) is 40.5. The average molecular weight is 511 g/mol. The Morgan fingerprint density at radius 2 is 1.89 bits per heavy atom. The largest absolute Gasteiger partial charge is 0.395 e. The molecule has 1 aromatic carbocycles. The summed E-state index contributed by atoms with van der Waals surface area (Å²) in [6.45, 7) is 1.66. The lowest BCUT2D eigenvalue weighted by Gasteiger charge is -2.37. The van der Waals surface area contributed by atoms with E-state index in [9.17, 15) is 14.7 Å². The number of nitrogens with zero attached hydrogens (tertiary/aromatic N) is 5. The van der Waals surface area contributed by atoms with Gasteiger partial charge in [0.15, 0.2) is 22.5 Å². The quantitative estimate of drug-likeness (QED) is 0.415. The van der Waals surface area contributed by atoms with E-state index in [4.69, 9.17) is 28.1 Å². The molecule has 0 aliphatic carbocycles. The molecule has 188 valence electrons. The number of aliphatic hydroxyl groups is 1. The number of benzene rings is 1. The van der Waals surface area contributed by atoms with Crippen LogP contribution in [-0.2, 0) is 6.54 Å². The minimum atomic E-state index is -0.536. The first-order chi connectivity index (χ1) is 17.3. The summed E-state index contributed by atoms with van der Waals surface area (Å²) in [5, 5.41) is 12.9. The fourth-order valence-corrected chi connectivity index (χ4v) is 5.14. The Balaban J connectivity index is 1.26. The fourth-order valence-electron chi connectivity index (χ4n) is 5.01. The number of hydrogen-bond acceptors (Lipinski definition) is 8. The number of aliphatic hydroxyl groups excluding tert-OH is 1. The third-order valence-electron chi connectivity index (χ3n) is 6.94. The number of aliphatic imine (C=N–C) groups is 1. The van der Waals surface area contributed by atoms with Gasteiger partial charge >= 0.3 is 0 Å². The number of aromatic nitrogens is 3. The Hall–Kier alpha value is -3.70. The van der Waals surface area contributed by atoms with E-state index in [2.05, 4.69) is 15.3 Å². The third kappa shape index (κ3) is 4.35. The molecule has 1 fully saturated rings. The van der Waals surface area contributed by atoms with Gasteiger partial charge in [-0.1, -0.05) is 17.7 Å². The van der Waals surface area contributed by atoms with Crippen LogP contribution in [0.4, 0.5) is 11.6 Å². The first-order valence-corrected chi connectivity index (χ1v) is 12.1. The number of nitrogens with two attached hydrogens (primary N) is 2. The smallest absolute Gasteiger partial charge is 0.279 e. The number of amides is 2. The first kappa shape index (κ1) is 24.0. The minimum absolute atomic E-state index is 0.0121. The summed E-state index contributed by atoms with van der Waals surface area (Å²) in [5.41, 5.74) is 12.5. The van der Waals surface area contributed by atoms with E-state index in [1.54, 1.807) is 0 Å². The van der Waals surface area contributed by atoms with Gasteiger partial charge in [0.25, 0.3) is 11.8 Å². The number of halogens is 1. The van der Waals surface area contributed by atoms with Gasteiger partial charge in [-0.25, -0.2) is 9.97 Å². The lowest BCUT2D eigenvalue weighted by molar-refractivity contribution is 0.0675. The number of anilines is 2. The molecule has 0 atom stereocenters. The van der Waals surface area contributed by atoms with Gasteiger partial charge in [-0.3, -0.25) is 14.6 Å². The number of fused-ring (bicyclic) bond motifs is 1. The normalized spacial score (nSPS) is 16.9. The van der Waals surface area contributed by atoms with Crippen LogP contribution < -0.4 is 16.8 Å². The van der Waals surface area contributed by atoms with Crippen molar-refractivity contribution in [2.24, 2.45) is 4.99 Å². The molecule has 12 heteroatoms. The lowest BCUT2D eigenvalue weighted by atomic mass is 9.85. The molecule has 0 bridgehead atoms. The van der Waals surface area contributed by atoms with Gasteiger partial charge in [0.05, 0.1) is 12.1 Å². The summed E-state index contributed by atoms with van der Waals surface area (Å²) in [6, 6.07) is 7.59. The second-order valence-electron chi connectivity index (χ2n) is 9.13. The monoisotopic (exact) mass is 510 g/mol. The van der Waals surface area contributed by atoms with Gasteiger partial charge in [0, 0.05) is 48.7 Å². The van der Waals surface area contributed by atoms with Crippen LogP contribution in [0.2, 0.25) is 5.15 Å². The van der Waals surface area contributed by atoms with E-state index < -0.39 is 5.91 Å². The van der Waals surface area contributed by atoms with Gasteiger partial charge in [0.1, 0.15) is 5.84 Å². The Kier molecular flexibility index (Phi) is 6.27. The summed E-state index contributed by atoms with van der Waals surface area (Å²) in [7, 11) is 0. The van der Waals surface area contributed by atoms with Crippen LogP contribution in [0.3, 0.4) is 0 Å². The van der Waals surface area contributed by atoms with Crippen LogP contribution in [0.25, 0.3) is 10.9 Å². The lowest BCUT2D eigenvalue weighted by Crippen LogP contribution is -2.45. The molecule has 4 heterocycles. The second-order valence-corrected chi connectivity index (χ2v) is 9.49. The highest BCUT2D eigenvalue weighted by molar-refractivity contribution is 6.31. The number of likely N-dealkylation sites (tertiary alicyclic amines) is 1. The van der Waals surface area contributed by atoms with Crippen molar-refractivity contribution < 1.29 is 14.7 Å². The number of nitrogen functional groups attached to an aromatic ring is 2. The van der Waals surface area contributed by atoms with Crippen LogP contribution >= 0.6 is 11.6 Å². The second kappa shape index (κ2) is 9.40. The van der Waals surface area contributed by atoms with Crippen molar-refractivity contribution in [2.75, 3.05) is 31.2 Å². The van der Waals surface area contributed by atoms with Crippen LogP contribution in [0.15, 0.2) is 35.5 Å². The maximum absolute atomic E-state index is 13.4. The van der Waals surface area contributed by atoms with Crippen molar-refractivity contribution >= 4 is 51.8 Å². The van der Waals surface area contributed by atoms with Crippen molar-refractivity contribution in [1.29, 1.82) is 0 Å². The highest BCUT2D eigenvalue weighted by Gasteiger charge is 2.40. The highest BCUT2D eigenvalue weighted by atomic mass is 35.5. The molecule has 0 unspecified atom stereocenters. The van der Waals surface area contributed by atoms with Gasteiger partial charge < -0.3 is 31.4 Å². The molecule has 2 aliphatic rings. The summed E-state index contributed by atoms with van der Waals surface area (Å²) in [6.07, 6.45) is 4.69. The number of carbonyl (C=O) groups is 2. The highest BCUT2D eigenvalue weighted by Crippen LogP contribution is 2.36. The van der Waals surface area contributed by atoms with Gasteiger partial charge in [-0.05, 0) is 37.5 Å². The zero-order chi connectivity index (χ0) is 25.4. The van der Waals surface area contributed by atoms with Crippen molar-refractivity contribution in [1.82, 2.24) is 24.8 Å². The molecule has 1 spiro atoms. The summed E-state index contributed by atoms with van der Waals surface area (Å²) < 4.78 is 1.94. The number of rotatable bonds is 4. The molecule has 0 radical (unpaired) electrons. The molecule has 36 heavy (non-hydrogen) atoms. The van der Waals surface area contributed by atoms with Gasteiger partial charge in [-0.15, -0.1) is 0 Å². The predicted octanol–water partition coefficient (Wildman–Crippen LogP) is 1.84. The Labute approximate surface area is 212 Å². The standard InChI is InChI=1S/C24H27ClN8O3/c25-19-21(27)30-20(26)18(29-19)22(35)28-17-4-6-24(31-17)7-10-33(11-8-24)23(36)15-2-1-3-16-14(15)5-9-32(16)12-13-34/h1-3,5,9,34H,4,6-8,10-13H2,(H4,26,27,30)(H,28,31,35). The zero-order valence-corrected chi connectivity index (χ0v) is 20.3. The molecule has 2 aromatic heterocycles. The molecular weight excluding hydrogens is 484 g/mol. The van der Waals surface area contributed by atoms with E-state index >= 15 is 0 Å². The van der Waals surface area contributed by atoms with Crippen molar-refractivity contribution in [3.63, 3.8) is 0 Å². The predicted molar refractivity (Wildman–Crippen MR) is 137 cm³/mol. The third-order valence-corrected chi connectivity index (χ3v) is 7.22. The zero-order valence-electron chi connectivity index (χ0n) is 19.6. The topological polar surface area (TPSA) is 165 Å². The first-order valence-electron chi connectivity index (χ1n) is 11.8. The molecule has 2 amide bonds. The molecule has 3 aromatic rings. The van der Waals surface area contributed by atoms with E-state index in [0.29, 0.717) is 50.3 Å². The minimum Gasteiger partial charge on any atom is -0.395 e. The van der Waals surface area contributed by atoms with Gasteiger partial charge in [0.2, 0.25) is 0 Å². The van der Waals surface area contributed by atoms with Crippen LogP contribution in [-0.4, -0.2) is 67.4 Å². The molecule has 5 rings (SSSR count). The summed E-state index contributed by atoms with van der Waals surface area (Å²) in [5.74, 6) is -0.128. The molecule has 0 saturated carbocycles. The maximum Gasteiger partial charge on any atom is 0.279 e. The molecule has 1 saturated heterocycles. The van der Waals surface area contributed by atoms with Crippen molar-refractivity contribution in [3.8, 4) is 0 Å². The van der Waals surface area contributed by atoms with E-state index in [1.807, 2.05) is 39.9 Å². The van der Waals surface area contributed by atoms with Gasteiger partial charge in [-0.2, -0.15) is 0 Å². The Morgan fingerprint density at radius 1 is 1.11 bits per heavy atom. The molecule has 11 nitrogen and oxygen atoms in total. The molecule has 6 N–H and O–H groups in total. The van der Waals surface area contributed by atoms with Crippen LogP contribution in [0.5, 0.6) is 0 Å². The van der Waals surface area contributed by atoms with E-state index in [1.165, 1.54) is 0 Å². The van der Waals surface area contributed by atoms with E-state index in [-0.39, 0.29) is 40.5 Å². The van der Waals surface area contributed by atoms with Crippen LogP contribution in [0, 0.1) is 0 Å². The fraction of sp³-hybridized carbons (Fsp3) is 0.375. The number of nitrogens with one attached hydrogen (secondary N) is 1. The van der Waals surface area contributed by atoms with Crippen molar-refractivity contribution in [3.05, 3.63) is 46.9 Å². The number of piperidine rings is 1. The van der Waals surface area contributed by atoms with E-state index in [0.717, 1.165) is 17.3 Å². The van der Waals surface area contributed by atoms with Crippen LogP contribution in [0.1, 0.15) is 46.5 Å². The van der Waals surface area contributed by atoms with Crippen molar-refractivity contribution in [2.45, 2.75) is 37.8 Å². The molecule has 2 aliphatic heterocycles. The number of carbonyl (C=O) groups excluding carboxylic acids is 2. The Bertz CT molecular complexity index is 1380. The number of hydrogen-bond donors (Lipinski definition) is 4. The Morgan fingerprint density at radius 3 is 2.64 bits per heavy atom. The number of amidine groups is 1. The maximum atomic E-state index is 13.4. The average Bonchev–Trinajstić information content (AvgIpc) is 3.45. The SMILES string of the molecule is Nc1nc(N)c(C(=O)NC2=NC3(CC2)CCN(C(=O)c2cccc4c2ccn4CCO)CC3)nc1Cl.